The summed E-state index contributed by atoms with van der Waals surface area (Å²) in [7, 11) is 0. The number of anilines is 1. The third-order valence-electron chi connectivity index (χ3n) is 5.42. The average Bonchev–Trinajstić information content (AvgIpc) is 2.81. The minimum atomic E-state index is -0.784. The number of nitrogens with one attached hydrogen (secondary N) is 1. The highest BCUT2D eigenvalue weighted by molar-refractivity contribution is 14.1. The predicted molar refractivity (Wildman–Crippen MR) is 146 cm³/mol. The van der Waals surface area contributed by atoms with Crippen molar-refractivity contribution in [2.24, 2.45) is 0 Å². The van der Waals surface area contributed by atoms with E-state index in [1.807, 2.05) is 20.8 Å². The van der Waals surface area contributed by atoms with Crippen molar-refractivity contribution in [3.63, 3.8) is 0 Å². The zero-order chi connectivity index (χ0) is 25.8. The molecular weight excluding hydrogens is 571 g/mol. The second-order valence-corrected chi connectivity index (χ2v) is 9.50. The Bertz CT molecular complexity index is 1350. The van der Waals surface area contributed by atoms with Crippen LogP contribution in [0.5, 0.6) is 11.5 Å². The van der Waals surface area contributed by atoms with Crippen LogP contribution in [0.15, 0.2) is 66.2 Å². The van der Waals surface area contributed by atoms with E-state index in [1.165, 1.54) is 6.08 Å². The quantitative estimate of drug-likeness (QED) is 0.220. The van der Waals surface area contributed by atoms with Gasteiger partial charge >= 0.3 is 6.03 Å². The third-order valence-corrected chi connectivity index (χ3v) is 6.22. The van der Waals surface area contributed by atoms with Gasteiger partial charge in [0.2, 0.25) is 0 Å². The van der Waals surface area contributed by atoms with Crippen molar-refractivity contribution in [1.29, 1.82) is 0 Å². The maximum atomic E-state index is 13.1. The van der Waals surface area contributed by atoms with Gasteiger partial charge in [-0.05, 0) is 84.8 Å². The molecule has 3 aromatic rings. The number of ether oxygens (including phenoxy) is 2. The lowest BCUT2D eigenvalue weighted by molar-refractivity contribution is -0.122. The molecule has 1 heterocycles. The molecule has 1 saturated heterocycles. The minimum absolute atomic E-state index is 0.152. The molecule has 184 valence electrons. The van der Waals surface area contributed by atoms with Crippen LogP contribution in [0, 0.1) is 17.4 Å². The number of urea groups is 1. The molecule has 7 nitrogen and oxygen atoms in total. The number of para-hydroxylation sites is 1. The van der Waals surface area contributed by atoms with Crippen molar-refractivity contribution in [2.45, 2.75) is 27.4 Å². The highest BCUT2D eigenvalue weighted by atomic mass is 127. The normalized spacial score (nSPS) is 14.7. The fourth-order valence-corrected chi connectivity index (χ4v) is 4.80. The van der Waals surface area contributed by atoms with Gasteiger partial charge in [0.1, 0.15) is 12.2 Å². The molecule has 0 aliphatic carbocycles. The predicted octanol–water partition coefficient (Wildman–Crippen LogP) is 5.55. The van der Waals surface area contributed by atoms with E-state index in [4.69, 9.17) is 9.47 Å². The number of hydrogen-bond acceptors (Lipinski definition) is 5. The summed E-state index contributed by atoms with van der Waals surface area (Å²) in [6, 6.07) is 17.5. The fraction of sp³-hybridized carbons (Fsp3) is 0.179. The largest absolute Gasteiger partial charge is 0.490 e. The van der Waals surface area contributed by atoms with E-state index in [2.05, 4.69) is 46.1 Å². The zero-order valence-corrected chi connectivity index (χ0v) is 22.3. The SMILES string of the molecule is CCOc1cc(/C=C2\C(=O)NC(=O)N(c3ccccc3)C2=O)cc(I)c1OCc1cc(C)cc(C)c1. The molecule has 0 unspecified atom stereocenters. The Hall–Kier alpha value is -3.66. The Morgan fingerprint density at radius 2 is 1.64 bits per heavy atom. The van der Waals surface area contributed by atoms with Gasteiger partial charge < -0.3 is 9.47 Å². The van der Waals surface area contributed by atoms with Crippen molar-refractivity contribution in [1.82, 2.24) is 5.32 Å². The number of amides is 4. The number of carbonyl (C=O) groups excluding carboxylic acids is 3. The first-order valence-electron chi connectivity index (χ1n) is 11.4. The summed E-state index contributed by atoms with van der Waals surface area (Å²) in [5.41, 5.74) is 4.16. The molecule has 36 heavy (non-hydrogen) atoms. The maximum absolute atomic E-state index is 13.1. The van der Waals surface area contributed by atoms with E-state index in [0.717, 1.165) is 25.2 Å². The summed E-state index contributed by atoms with van der Waals surface area (Å²) < 4.78 is 12.7. The van der Waals surface area contributed by atoms with Crippen LogP contribution < -0.4 is 19.7 Å². The fourth-order valence-electron chi connectivity index (χ4n) is 4.02. The van der Waals surface area contributed by atoms with Gasteiger partial charge in [0.25, 0.3) is 11.8 Å². The van der Waals surface area contributed by atoms with E-state index in [-0.39, 0.29) is 5.57 Å². The van der Waals surface area contributed by atoms with Crippen molar-refractivity contribution >= 4 is 52.2 Å². The van der Waals surface area contributed by atoms with E-state index in [1.54, 1.807) is 42.5 Å². The van der Waals surface area contributed by atoms with Gasteiger partial charge in [0.15, 0.2) is 11.5 Å². The smallest absolute Gasteiger partial charge is 0.335 e. The number of aryl methyl sites for hydroxylation is 2. The second-order valence-electron chi connectivity index (χ2n) is 8.34. The lowest BCUT2D eigenvalue weighted by atomic mass is 10.1. The molecule has 4 amide bonds. The molecule has 1 aliphatic heterocycles. The zero-order valence-electron chi connectivity index (χ0n) is 20.1. The van der Waals surface area contributed by atoms with E-state index < -0.39 is 17.8 Å². The Morgan fingerprint density at radius 3 is 2.31 bits per heavy atom. The lowest BCUT2D eigenvalue weighted by Crippen LogP contribution is -2.54. The topological polar surface area (TPSA) is 84.9 Å². The summed E-state index contributed by atoms with van der Waals surface area (Å²) >= 11 is 2.14. The number of carbonyl (C=O) groups is 3. The first kappa shape index (κ1) is 25.4. The first-order chi connectivity index (χ1) is 17.3. The molecule has 8 heteroatoms. The van der Waals surface area contributed by atoms with Gasteiger partial charge in [-0.25, -0.2) is 9.69 Å². The lowest BCUT2D eigenvalue weighted by Gasteiger charge is -2.26. The van der Waals surface area contributed by atoms with E-state index in [0.29, 0.717) is 36.0 Å². The Kier molecular flexibility index (Phi) is 7.73. The van der Waals surface area contributed by atoms with Crippen molar-refractivity contribution in [3.8, 4) is 11.5 Å². The van der Waals surface area contributed by atoms with Crippen LogP contribution >= 0.6 is 22.6 Å². The number of nitrogens with zero attached hydrogens (tertiary/aromatic N) is 1. The Balaban J connectivity index is 1.66. The number of imide groups is 2. The monoisotopic (exact) mass is 596 g/mol. The molecule has 0 atom stereocenters. The standard InChI is InChI=1S/C28H25IN2O5/c1-4-35-24-15-19(14-23(29)25(24)36-16-20-11-17(2)10-18(3)12-20)13-22-26(32)30-28(34)31(27(22)33)21-8-6-5-7-9-21/h5-15H,4,16H2,1-3H3,(H,30,32,34)/b22-13+. The summed E-state index contributed by atoms with van der Waals surface area (Å²) in [4.78, 5) is 39.1. The molecule has 0 bridgehead atoms. The summed E-state index contributed by atoms with van der Waals surface area (Å²) in [5, 5.41) is 2.24. The van der Waals surface area contributed by atoms with Crippen LogP contribution in [0.2, 0.25) is 0 Å². The molecule has 1 N–H and O–H groups in total. The summed E-state index contributed by atoms with van der Waals surface area (Å²) in [6.45, 7) is 6.74. The third kappa shape index (κ3) is 5.59. The van der Waals surface area contributed by atoms with Gasteiger partial charge in [0, 0.05) is 0 Å². The molecule has 0 saturated carbocycles. The Morgan fingerprint density at radius 1 is 0.944 bits per heavy atom. The van der Waals surface area contributed by atoms with Crippen LogP contribution in [0.3, 0.4) is 0 Å². The molecule has 0 radical (unpaired) electrons. The van der Waals surface area contributed by atoms with Gasteiger partial charge in [-0.1, -0.05) is 47.5 Å². The molecular formula is C28H25IN2O5. The highest BCUT2D eigenvalue weighted by Gasteiger charge is 2.36. The molecule has 1 aliphatic rings. The minimum Gasteiger partial charge on any atom is -0.490 e. The van der Waals surface area contributed by atoms with Crippen molar-refractivity contribution < 1.29 is 23.9 Å². The van der Waals surface area contributed by atoms with Crippen LogP contribution in [0.4, 0.5) is 10.5 Å². The number of halogens is 1. The van der Waals surface area contributed by atoms with Gasteiger partial charge in [-0.3, -0.25) is 14.9 Å². The highest BCUT2D eigenvalue weighted by Crippen LogP contribution is 2.36. The number of barbiturate groups is 1. The van der Waals surface area contributed by atoms with Crippen molar-refractivity contribution in [3.05, 3.63) is 92.1 Å². The van der Waals surface area contributed by atoms with Crippen LogP contribution in [-0.2, 0) is 16.2 Å². The van der Waals surface area contributed by atoms with E-state index >= 15 is 0 Å². The summed E-state index contributed by atoms with van der Waals surface area (Å²) in [6.07, 6.45) is 1.46. The maximum Gasteiger partial charge on any atom is 0.335 e. The number of benzene rings is 3. The summed E-state index contributed by atoms with van der Waals surface area (Å²) in [5.74, 6) is -0.363. The number of rotatable bonds is 7. The molecule has 0 aromatic heterocycles. The van der Waals surface area contributed by atoms with Gasteiger partial charge in [0.05, 0.1) is 15.9 Å². The van der Waals surface area contributed by atoms with Crippen LogP contribution in [-0.4, -0.2) is 24.5 Å². The molecule has 1 fully saturated rings. The number of hydrogen-bond donors (Lipinski definition) is 1. The van der Waals surface area contributed by atoms with E-state index in [9.17, 15) is 14.4 Å². The average molecular weight is 596 g/mol. The second kappa shape index (κ2) is 10.9. The molecule has 3 aromatic carbocycles. The molecule has 4 rings (SSSR count). The first-order valence-corrected chi connectivity index (χ1v) is 12.5. The molecule has 0 spiro atoms. The van der Waals surface area contributed by atoms with Crippen LogP contribution in [0.1, 0.15) is 29.2 Å². The van der Waals surface area contributed by atoms with Crippen LogP contribution in [0.25, 0.3) is 6.08 Å². The van der Waals surface area contributed by atoms with Gasteiger partial charge in [-0.15, -0.1) is 0 Å². The Labute approximate surface area is 223 Å². The van der Waals surface area contributed by atoms with Gasteiger partial charge in [-0.2, -0.15) is 0 Å². The van der Waals surface area contributed by atoms with Crippen molar-refractivity contribution in [2.75, 3.05) is 11.5 Å².